The first-order chi connectivity index (χ1) is 20.0. The Kier molecular flexibility index (Phi) is 7.68. The van der Waals surface area contributed by atoms with E-state index in [1.807, 2.05) is 77.7 Å². The molecule has 2 N–H and O–H groups in total. The van der Waals surface area contributed by atoms with Gasteiger partial charge in [-0.1, -0.05) is 71.7 Å². The molecular weight excluding hydrogens is 557 g/mol. The number of nitrogens with one attached hydrogen (secondary N) is 2. The molecule has 0 radical (unpaired) electrons. The highest BCUT2D eigenvalue weighted by atomic mass is 35.5. The summed E-state index contributed by atoms with van der Waals surface area (Å²) in [6.07, 6.45) is 1.44. The Labute approximate surface area is 247 Å². The third-order valence-electron chi connectivity index (χ3n) is 7.29. The Hall–Kier alpha value is -4.26. The van der Waals surface area contributed by atoms with Gasteiger partial charge in [0.05, 0.1) is 11.6 Å². The number of halogens is 2. The van der Waals surface area contributed by atoms with Crippen LogP contribution in [0.2, 0.25) is 10.0 Å². The molecule has 0 spiro atoms. The lowest BCUT2D eigenvalue weighted by molar-refractivity contribution is -0.120. The van der Waals surface area contributed by atoms with E-state index < -0.39 is 0 Å². The number of carbonyl (C=O) groups excluding carboxylic acids is 1. The minimum absolute atomic E-state index is 0.156. The van der Waals surface area contributed by atoms with Gasteiger partial charge in [-0.25, -0.2) is 0 Å². The molecule has 0 saturated carbocycles. The third-order valence-corrected chi connectivity index (χ3v) is 7.76. The zero-order valence-corrected chi connectivity index (χ0v) is 23.6. The second-order valence-corrected chi connectivity index (χ2v) is 10.9. The van der Waals surface area contributed by atoms with Crippen LogP contribution in [0.3, 0.4) is 0 Å². The van der Waals surface area contributed by atoms with Gasteiger partial charge < -0.3 is 19.9 Å². The first kappa shape index (κ1) is 26.9. The van der Waals surface area contributed by atoms with E-state index in [1.165, 1.54) is 0 Å². The van der Waals surface area contributed by atoms with Crippen molar-refractivity contribution in [3.8, 4) is 22.6 Å². The number of nitrogens with zero attached hydrogens (tertiary/aromatic N) is 1. The molecule has 0 bridgehead atoms. The van der Waals surface area contributed by atoms with Crippen LogP contribution in [0.15, 0.2) is 102 Å². The second-order valence-electron chi connectivity index (χ2n) is 10.1. The fraction of sp³-hybridized carbons (Fsp3) is 0.152. The summed E-state index contributed by atoms with van der Waals surface area (Å²) in [5.41, 5.74) is 3.26. The zero-order valence-electron chi connectivity index (χ0n) is 22.1. The molecule has 206 valence electrons. The Morgan fingerprint density at radius 2 is 1.61 bits per heavy atom. The van der Waals surface area contributed by atoms with E-state index in [4.69, 9.17) is 27.9 Å². The van der Waals surface area contributed by atoms with Crippen molar-refractivity contribution in [2.24, 2.45) is 5.92 Å². The molecule has 1 atom stereocenters. The molecule has 1 aliphatic rings. The monoisotopic (exact) mass is 583 g/mol. The van der Waals surface area contributed by atoms with Gasteiger partial charge in [0, 0.05) is 39.6 Å². The van der Waals surface area contributed by atoms with Crippen LogP contribution in [-0.2, 0) is 4.79 Å². The number of pyridine rings is 1. The lowest BCUT2D eigenvalue weighted by Crippen LogP contribution is -2.43. The SMILES string of the molecule is O=C(Nc1cc(Cl)ccc1Oc1ccccc1)[C@@H]1CCCN(c2c(-c3ccccc3)c3cc(Cl)ccc3[nH]c2=O)C1. The number of aromatic nitrogens is 1. The second kappa shape index (κ2) is 11.7. The van der Waals surface area contributed by atoms with E-state index in [9.17, 15) is 9.59 Å². The van der Waals surface area contributed by atoms with E-state index in [1.54, 1.807) is 24.3 Å². The minimum atomic E-state index is -0.356. The number of benzene rings is 4. The van der Waals surface area contributed by atoms with Crippen molar-refractivity contribution in [3.05, 3.63) is 117 Å². The maximum atomic E-state index is 13.6. The summed E-state index contributed by atoms with van der Waals surface area (Å²) in [6, 6.07) is 29.8. The molecule has 1 aliphatic heterocycles. The molecule has 6 nitrogen and oxygen atoms in total. The summed E-state index contributed by atoms with van der Waals surface area (Å²) < 4.78 is 6.03. The quantitative estimate of drug-likeness (QED) is 0.211. The van der Waals surface area contributed by atoms with Crippen molar-refractivity contribution in [1.29, 1.82) is 0 Å². The maximum absolute atomic E-state index is 13.6. The number of aromatic amines is 1. The lowest BCUT2D eigenvalue weighted by atomic mass is 9.93. The fourth-order valence-electron chi connectivity index (χ4n) is 5.39. The summed E-state index contributed by atoms with van der Waals surface area (Å²) in [4.78, 5) is 32.2. The molecule has 1 aromatic heterocycles. The number of H-pyrrole nitrogens is 1. The summed E-state index contributed by atoms with van der Waals surface area (Å²) in [5, 5.41) is 4.95. The number of ether oxygens (including phenoxy) is 1. The highest BCUT2D eigenvalue weighted by Gasteiger charge is 2.30. The van der Waals surface area contributed by atoms with Gasteiger partial charge in [0.2, 0.25) is 5.91 Å². The number of para-hydroxylation sites is 1. The van der Waals surface area contributed by atoms with Gasteiger partial charge in [0.1, 0.15) is 11.4 Å². The molecule has 1 amide bonds. The molecule has 41 heavy (non-hydrogen) atoms. The predicted octanol–water partition coefficient (Wildman–Crippen LogP) is 8.15. The van der Waals surface area contributed by atoms with Gasteiger partial charge in [0.15, 0.2) is 5.75 Å². The topological polar surface area (TPSA) is 74.4 Å². The van der Waals surface area contributed by atoms with Crippen LogP contribution in [0.1, 0.15) is 12.8 Å². The van der Waals surface area contributed by atoms with Crippen LogP contribution in [0.5, 0.6) is 11.5 Å². The number of piperidine rings is 1. The molecule has 1 fully saturated rings. The van der Waals surface area contributed by atoms with E-state index in [-0.39, 0.29) is 17.4 Å². The van der Waals surface area contributed by atoms with Crippen molar-refractivity contribution in [2.45, 2.75) is 12.8 Å². The number of anilines is 2. The summed E-state index contributed by atoms with van der Waals surface area (Å²) >= 11 is 12.7. The van der Waals surface area contributed by atoms with Gasteiger partial charge in [-0.15, -0.1) is 0 Å². The highest BCUT2D eigenvalue weighted by Crippen LogP contribution is 2.38. The summed E-state index contributed by atoms with van der Waals surface area (Å²) in [5.74, 6) is 0.635. The molecule has 0 unspecified atom stereocenters. The number of amides is 1. The van der Waals surface area contributed by atoms with Gasteiger partial charge in [-0.05, 0) is 66.9 Å². The van der Waals surface area contributed by atoms with E-state index in [0.29, 0.717) is 57.9 Å². The van der Waals surface area contributed by atoms with Crippen molar-refractivity contribution in [2.75, 3.05) is 23.3 Å². The number of fused-ring (bicyclic) bond motifs is 1. The van der Waals surface area contributed by atoms with Gasteiger partial charge >= 0.3 is 0 Å². The number of rotatable bonds is 6. The predicted molar refractivity (Wildman–Crippen MR) is 167 cm³/mol. The number of hydrogen-bond donors (Lipinski definition) is 2. The largest absolute Gasteiger partial charge is 0.455 e. The van der Waals surface area contributed by atoms with Crippen LogP contribution in [0, 0.1) is 5.92 Å². The third kappa shape index (κ3) is 5.80. The van der Waals surface area contributed by atoms with Crippen LogP contribution >= 0.6 is 23.2 Å². The Bertz CT molecular complexity index is 1770. The number of carbonyl (C=O) groups is 1. The molecule has 0 aliphatic carbocycles. The molecular formula is C33H27Cl2N3O3. The molecule has 8 heteroatoms. The fourth-order valence-corrected chi connectivity index (χ4v) is 5.73. The Morgan fingerprint density at radius 3 is 2.39 bits per heavy atom. The average Bonchev–Trinajstić information content (AvgIpc) is 2.99. The van der Waals surface area contributed by atoms with E-state index >= 15 is 0 Å². The Morgan fingerprint density at radius 1 is 0.902 bits per heavy atom. The summed E-state index contributed by atoms with van der Waals surface area (Å²) in [7, 11) is 0. The molecule has 6 rings (SSSR count). The first-order valence-corrected chi connectivity index (χ1v) is 14.2. The van der Waals surface area contributed by atoms with Crippen LogP contribution in [0.25, 0.3) is 22.0 Å². The minimum Gasteiger partial charge on any atom is -0.455 e. The van der Waals surface area contributed by atoms with E-state index in [0.717, 1.165) is 22.9 Å². The standard InChI is InChI=1S/C33H27Cl2N3O3/c34-23-13-15-27-26(18-23)30(21-8-3-1-4-9-21)31(33(40)36-27)38-17-7-10-22(20-38)32(39)37-28-19-24(35)14-16-29(28)41-25-11-5-2-6-12-25/h1-6,8-9,11-16,18-19,22H,7,10,17,20H2,(H,36,40)(H,37,39)/t22-/m1/s1. The lowest BCUT2D eigenvalue weighted by Gasteiger charge is -2.34. The van der Waals surface area contributed by atoms with Gasteiger partial charge in [0.25, 0.3) is 5.56 Å². The van der Waals surface area contributed by atoms with Gasteiger partial charge in [-0.3, -0.25) is 9.59 Å². The van der Waals surface area contributed by atoms with Crippen molar-refractivity contribution >= 4 is 51.4 Å². The first-order valence-electron chi connectivity index (χ1n) is 13.5. The maximum Gasteiger partial charge on any atom is 0.272 e. The Balaban J connectivity index is 1.32. The van der Waals surface area contributed by atoms with E-state index in [2.05, 4.69) is 10.3 Å². The number of hydrogen-bond acceptors (Lipinski definition) is 4. The van der Waals surface area contributed by atoms with Crippen molar-refractivity contribution in [1.82, 2.24) is 4.98 Å². The highest BCUT2D eigenvalue weighted by molar-refractivity contribution is 6.31. The molecule has 1 saturated heterocycles. The van der Waals surface area contributed by atoms with Crippen molar-refractivity contribution in [3.63, 3.8) is 0 Å². The normalized spacial score (nSPS) is 15.1. The molecule has 5 aromatic rings. The van der Waals surface area contributed by atoms with Crippen LogP contribution < -0.4 is 20.5 Å². The zero-order chi connectivity index (χ0) is 28.3. The average molecular weight is 585 g/mol. The van der Waals surface area contributed by atoms with Crippen molar-refractivity contribution < 1.29 is 9.53 Å². The van der Waals surface area contributed by atoms with Gasteiger partial charge in [-0.2, -0.15) is 0 Å². The molecule has 4 aromatic carbocycles. The smallest absolute Gasteiger partial charge is 0.272 e. The summed E-state index contributed by atoms with van der Waals surface area (Å²) in [6.45, 7) is 1.04. The van der Waals surface area contributed by atoms with Crippen LogP contribution in [-0.4, -0.2) is 24.0 Å². The van der Waals surface area contributed by atoms with Crippen LogP contribution in [0.4, 0.5) is 11.4 Å². The molecule has 2 heterocycles.